The van der Waals surface area contributed by atoms with Crippen molar-refractivity contribution in [1.29, 1.82) is 0 Å². The van der Waals surface area contributed by atoms with Crippen LogP contribution in [0.5, 0.6) is 0 Å². The Bertz CT molecular complexity index is 453. The van der Waals surface area contributed by atoms with E-state index < -0.39 is 5.97 Å². The molecule has 19 heavy (non-hydrogen) atoms. The molecule has 1 aromatic rings. The lowest BCUT2D eigenvalue weighted by Gasteiger charge is -2.13. The SMILES string of the molecule is CCC(NC)C(=O)COC(=O)c1c(Cl)cccc1Cl. The van der Waals surface area contributed by atoms with Gasteiger partial charge in [0.05, 0.1) is 21.7 Å². The molecule has 6 heteroatoms. The van der Waals surface area contributed by atoms with Crippen LogP contribution in [0.25, 0.3) is 0 Å². The molecule has 0 radical (unpaired) electrons. The quantitative estimate of drug-likeness (QED) is 0.821. The van der Waals surface area contributed by atoms with Crippen LogP contribution >= 0.6 is 23.2 Å². The van der Waals surface area contributed by atoms with Crippen molar-refractivity contribution in [2.24, 2.45) is 0 Å². The summed E-state index contributed by atoms with van der Waals surface area (Å²) in [5.74, 6) is -0.892. The number of benzene rings is 1. The van der Waals surface area contributed by atoms with Gasteiger partial charge in [-0.05, 0) is 25.6 Å². The van der Waals surface area contributed by atoms with Gasteiger partial charge in [-0.3, -0.25) is 4.79 Å². The van der Waals surface area contributed by atoms with E-state index in [-0.39, 0.29) is 34.0 Å². The Kier molecular flexibility index (Phi) is 6.28. The number of carbonyl (C=O) groups excluding carboxylic acids is 2. The van der Waals surface area contributed by atoms with Crippen molar-refractivity contribution in [3.05, 3.63) is 33.8 Å². The van der Waals surface area contributed by atoms with E-state index in [1.807, 2.05) is 6.92 Å². The normalized spacial score (nSPS) is 12.0. The Morgan fingerprint density at radius 1 is 1.32 bits per heavy atom. The molecular weight excluding hydrogens is 289 g/mol. The fourth-order valence-electron chi connectivity index (χ4n) is 1.60. The van der Waals surface area contributed by atoms with Gasteiger partial charge in [-0.15, -0.1) is 0 Å². The van der Waals surface area contributed by atoms with Gasteiger partial charge in [-0.25, -0.2) is 4.79 Å². The molecule has 0 aliphatic carbocycles. The van der Waals surface area contributed by atoms with E-state index in [0.717, 1.165) is 0 Å². The van der Waals surface area contributed by atoms with Crippen LogP contribution in [0.4, 0.5) is 0 Å². The van der Waals surface area contributed by atoms with E-state index in [9.17, 15) is 9.59 Å². The minimum absolute atomic E-state index is 0.0798. The molecule has 0 saturated carbocycles. The van der Waals surface area contributed by atoms with Crippen molar-refractivity contribution >= 4 is 35.0 Å². The molecule has 4 nitrogen and oxygen atoms in total. The van der Waals surface area contributed by atoms with E-state index in [0.29, 0.717) is 6.42 Å². The summed E-state index contributed by atoms with van der Waals surface area (Å²) in [6.07, 6.45) is 0.625. The van der Waals surface area contributed by atoms with Crippen LogP contribution in [0.1, 0.15) is 23.7 Å². The zero-order valence-electron chi connectivity index (χ0n) is 10.7. The van der Waals surface area contributed by atoms with Crippen molar-refractivity contribution in [3.8, 4) is 0 Å². The van der Waals surface area contributed by atoms with Crippen LogP contribution in [0, 0.1) is 0 Å². The van der Waals surface area contributed by atoms with E-state index in [4.69, 9.17) is 27.9 Å². The molecule has 0 fully saturated rings. The van der Waals surface area contributed by atoms with Gasteiger partial charge < -0.3 is 10.1 Å². The second-order valence-electron chi connectivity index (χ2n) is 3.89. The Balaban J connectivity index is 2.69. The molecule has 1 N–H and O–H groups in total. The second kappa shape index (κ2) is 7.48. The highest BCUT2D eigenvalue weighted by Crippen LogP contribution is 2.24. The monoisotopic (exact) mass is 303 g/mol. The first-order chi connectivity index (χ1) is 9.01. The number of esters is 1. The summed E-state index contributed by atoms with van der Waals surface area (Å²) < 4.78 is 4.94. The molecule has 0 spiro atoms. The standard InChI is InChI=1S/C13H15Cl2NO3/c1-3-10(16-2)11(17)7-19-13(18)12-8(14)5-4-6-9(12)15/h4-6,10,16H,3,7H2,1-2H3. The number of rotatable bonds is 6. The molecule has 1 aromatic carbocycles. The molecule has 0 saturated heterocycles. The van der Waals surface area contributed by atoms with Crippen LogP contribution in [0.15, 0.2) is 18.2 Å². The van der Waals surface area contributed by atoms with Crippen LogP contribution in [0.3, 0.4) is 0 Å². The maximum absolute atomic E-state index is 11.8. The van der Waals surface area contributed by atoms with Crippen molar-refractivity contribution < 1.29 is 14.3 Å². The van der Waals surface area contributed by atoms with Crippen molar-refractivity contribution in [2.75, 3.05) is 13.7 Å². The van der Waals surface area contributed by atoms with Crippen molar-refractivity contribution in [3.63, 3.8) is 0 Å². The van der Waals surface area contributed by atoms with Gasteiger partial charge >= 0.3 is 5.97 Å². The highest BCUT2D eigenvalue weighted by Gasteiger charge is 2.20. The van der Waals surface area contributed by atoms with Crippen LogP contribution in [-0.4, -0.2) is 31.4 Å². The van der Waals surface area contributed by atoms with Crippen molar-refractivity contribution in [1.82, 2.24) is 5.32 Å². The van der Waals surface area contributed by atoms with Gasteiger partial charge in [0.15, 0.2) is 12.4 Å². The summed E-state index contributed by atoms with van der Waals surface area (Å²) >= 11 is 11.7. The molecule has 1 rings (SSSR count). The van der Waals surface area contributed by atoms with Gasteiger partial charge in [-0.2, -0.15) is 0 Å². The molecule has 1 unspecified atom stereocenters. The number of carbonyl (C=O) groups is 2. The number of likely N-dealkylation sites (N-methyl/N-ethyl adjacent to an activating group) is 1. The Morgan fingerprint density at radius 2 is 1.89 bits per heavy atom. The van der Waals surface area contributed by atoms with Crippen LogP contribution < -0.4 is 5.32 Å². The summed E-state index contributed by atoms with van der Waals surface area (Å²) in [6, 6.07) is 4.37. The van der Waals surface area contributed by atoms with Gasteiger partial charge in [0, 0.05) is 0 Å². The number of hydrogen-bond acceptors (Lipinski definition) is 4. The Labute approximate surface area is 122 Å². The molecule has 0 aliphatic rings. The summed E-state index contributed by atoms with van der Waals surface area (Å²) in [4.78, 5) is 23.5. The minimum Gasteiger partial charge on any atom is -0.454 e. The summed E-state index contributed by atoms with van der Waals surface area (Å²) in [5.41, 5.74) is 0.0798. The third-order valence-corrected chi connectivity index (χ3v) is 3.29. The average molecular weight is 304 g/mol. The first-order valence-electron chi connectivity index (χ1n) is 5.82. The highest BCUT2D eigenvalue weighted by molar-refractivity contribution is 6.39. The molecule has 0 heterocycles. The number of hydrogen-bond donors (Lipinski definition) is 1. The lowest BCUT2D eigenvalue weighted by atomic mass is 10.1. The zero-order chi connectivity index (χ0) is 14.4. The Hall–Kier alpha value is -1.10. The number of halogens is 2. The van der Waals surface area contributed by atoms with Crippen molar-refractivity contribution in [2.45, 2.75) is 19.4 Å². The molecule has 104 valence electrons. The first-order valence-corrected chi connectivity index (χ1v) is 6.58. The fraction of sp³-hybridized carbons (Fsp3) is 0.385. The lowest BCUT2D eigenvalue weighted by molar-refractivity contribution is -0.124. The predicted octanol–water partition coefficient (Wildman–Crippen LogP) is 2.72. The smallest absolute Gasteiger partial charge is 0.341 e. The molecule has 0 bridgehead atoms. The lowest BCUT2D eigenvalue weighted by Crippen LogP contribution is -2.36. The number of ketones is 1. The Morgan fingerprint density at radius 3 is 2.37 bits per heavy atom. The highest BCUT2D eigenvalue weighted by atomic mass is 35.5. The number of Topliss-reactive ketones (excluding diaryl/α,β-unsaturated/α-hetero) is 1. The number of ether oxygens (including phenoxy) is 1. The average Bonchev–Trinajstić information content (AvgIpc) is 2.37. The van der Waals surface area contributed by atoms with Crippen LogP contribution in [-0.2, 0) is 9.53 Å². The maximum atomic E-state index is 11.8. The zero-order valence-corrected chi connectivity index (χ0v) is 12.2. The summed E-state index contributed by atoms with van der Waals surface area (Å²) in [7, 11) is 1.68. The number of nitrogens with one attached hydrogen (secondary N) is 1. The van der Waals surface area contributed by atoms with Gasteiger partial charge in [0.1, 0.15) is 0 Å². The first kappa shape index (κ1) is 16.0. The van der Waals surface area contributed by atoms with Gasteiger partial charge in [0.2, 0.25) is 0 Å². The second-order valence-corrected chi connectivity index (χ2v) is 4.70. The van der Waals surface area contributed by atoms with E-state index in [1.54, 1.807) is 13.1 Å². The summed E-state index contributed by atoms with van der Waals surface area (Å²) in [6.45, 7) is 1.56. The molecular formula is C13H15Cl2NO3. The maximum Gasteiger partial charge on any atom is 0.341 e. The van der Waals surface area contributed by atoms with Gasteiger partial charge in [0.25, 0.3) is 0 Å². The summed E-state index contributed by atoms with van der Waals surface area (Å²) in [5, 5.41) is 3.24. The molecule has 0 amide bonds. The molecule has 0 aliphatic heterocycles. The minimum atomic E-state index is -0.699. The molecule has 1 atom stereocenters. The molecule has 0 aromatic heterocycles. The van der Waals surface area contributed by atoms with Gasteiger partial charge in [-0.1, -0.05) is 36.2 Å². The largest absolute Gasteiger partial charge is 0.454 e. The topological polar surface area (TPSA) is 55.4 Å². The van der Waals surface area contributed by atoms with E-state index in [2.05, 4.69) is 5.32 Å². The third kappa shape index (κ3) is 4.20. The van der Waals surface area contributed by atoms with E-state index >= 15 is 0 Å². The fourth-order valence-corrected chi connectivity index (χ4v) is 2.15. The third-order valence-electron chi connectivity index (χ3n) is 2.66. The van der Waals surface area contributed by atoms with Crippen LogP contribution in [0.2, 0.25) is 10.0 Å². The van der Waals surface area contributed by atoms with E-state index in [1.165, 1.54) is 12.1 Å². The predicted molar refractivity (Wildman–Crippen MR) is 74.9 cm³/mol.